The highest BCUT2D eigenvalue weighted by molar-refractivity contribution is 7.10. The Balaban J connectivity index is 1.86. The zero-order valence-electron chi connectivity index (χ0n) is 19.2. The van der Waals surface area contributed by atoms with Crippen LogP contribution < -0.4 is 4.74 Å². The van der Waals surface area contributed by atoms with Crippen LogP contribution in [-0.2, 0) is 15.0 Å². The molecule has 2 aliphatic rings. The van der Waals surface area contributed by atoms with Crippen molar-refractivity contribution in [2.45, 2.75) is 70.9 Å². The molecule has 1 saturated heterocycles. The van der Waals surface area contributed by atoms with Crippen molar-refractivity contribution in [1.29, 1.82) is 0 Å². The molecule has 2 aromatic rings. The second-order valence-corrected chi connectivity index (χ2v) is 10.5. The molecule has 1 aliphatic heterocycles. The van der Waals surface area contributed by atoms with Gasteiger partial charge in [-0.25, -0.2) is 0 Å². The first-order chi connectivity index (χ1) is 15.2. The summed E-state index contributed by atoms with van der Waals surface area (Å²) in [6, 6.07) is 8.85. The maximum atomic E-state index is 13.2. The second-order valence-electron chi connectivity index (χ2n) is 9.55. The van der Waals surface area contributed by atoms with Crippen LogP contribution in [0.3, 0.4) is 0 Å². The number of benzene rings is 1. The predicted octanol–water partition coefficient (Wildman–Crippen LogP) is 5.81. The van der Waals surface area contributed by atoms with Gasteiger partial charge < -0.3 is 14.7 Å². The lowest BCUT2D eigenvalue weighted by Gasteiger charge is -2.30. The van der Waals surface area contributed by atoms with E-state index in [1.165, 1.54) is 11.3 Å². The van der Waals surface area contributed by atoms with E-state index in [1.807, 2.05) is 36.6 Å². The van der Waals surface area contributed by atoms with Crippen molar-refractivity contribution in [2.24, 2.45) is 0 Å². The van der Waals surface area contributed by atoms with Crippen LogP contribution in [0.15, 0.2) is 41.3 Å². The monoisotopic (exact) mass is 453 g/mol. The van der Waals surface area contributed by atoms with Crippen LogP contribution in [0.25, 0.3) is 5.76 Å². The van der Waals surface area contributed by atoms with E-state index in [-0.39, 0.29) is 22.8 Å². The van der Waals surface area contributed by atoms with Gasteiger partial charge in [0.05, 0.1) is 18.2 Å². The minimum Gasteiger partial charge on any atom is -0.507 e. The average Bonchev–Trinajstić information content (AvgIpc) is 3.49. The molecule has 1 unspecified atom stereocenters. The summed E-state index contributed by atoms with van der Waals surface area (Å²) in [5.74, 6) is -0.452. The van der Waals surface area contributed by atoms with Crippen LogP contribution in [0, 0.1) is 0 Å². The third-order valence-corrected chi connectivity index (χ3v) is 7.30. The normalized spacial score (nSPS) is 21.5. The number of nitrogens with zero attached hydrogens (tertiary/aromatic N) is 1. The maximum absolute atomic E-state index is 13.2. The fourth-order valence-electron chi connectivity index (χ4n) is 4.84. The van der Waals surface area contributed by atoms with Crippen LogP contribution in [0.4, 0.5) is 0 Å². The van der Waals surface area contributed by atoms with E-state index in [9.17, 15) is 14.7 Å². The van der Waals surface area contributed by atoms with Crippen LogP contribution in [0.5, 0.6) is 5.75 Å². The number of ether oxygens (including phenoxy) is 1. The number of aliphatic hydroxyl groups is 1. The Labute approximate surface area is 193 Å². The van der Waals surface area contributed by atoms with Crippen LogP contribution in [0.2, 0.25) is 0 Å². The molecule has 0 bridgehead atoms. The minimum absolute atomic E-state index is 0.0364. The number of rotatable bonds is 5. The number of hydrogen-bond acceptors (Lipinski definition) is 5. The molecule has 1 saturated carbocycles. The third-order valence-electron chi connectivity index (χ3n) is 6.37. The molecule has 1 N–H and O–H groups in total. The lowest BCUT2D eigenvalue weighted by Crippen LogP contribution is -2.37. The summed E-state index contributed by atoms with van der Waals surface area (Å²) in [4.78, 5) is 29.0. The summed E-state index contributed by atoms with van der Waals surface area (Å²) in [6.07, 6.45) is 3.90. The van der Waals surface area contributed by atoms with Crippen molar-refractivity contribution in [3.05, 3.63) is 57.3 Å². The van der Waals surface area contributed by atoms with Gasteiger partial charge >= 0.3 is 0 Å². The fourth-order valence-corrected chi connectivity index (χ4v) is 5.67. The van der Waals surface area contributed by atoms with E-state index < -0.39 is 17.7 Å². The highest BCUT2D eigenvalue weighted by Crippen LogP contribution is 2.45. The van der Waals surface area contributed by atoms with E-state index >= 15 is 0 Å². The van der Waals surface area contributed by atoms with Gasteiger partial charge in [0.1, 0.15) is 11.5 Å². The van der Waals surface area contributed by atoms with E-state index in [0.717, 1.165) is 41.9 Å². The first-order valence-electron chi connectivity index (χ1n) is 11.3. The van der Waals surface area contributed by atoms with Crippen molar-refractivity contribution in [1.82, 2.24) is 4.90 Å². The number of thiophene rings is 1. The molecule has 32 heavy (non-hydrogen) atoms. The molecular formula is C26H31NO4S. The molecule has 1 aliphatic carbocycles. The predicted molar refractivity (Wildman–Crippen MR) is 127 cm³/mol. The molecule has 2 fully saturated rings. The Morgan fingerprint density at radius 1 is 1.19 bits per heavy atom. The van der Waals surface area contributed by atoms with E-state index in [1.54, 1.807) is 11.0 Å². The molecule has 0 radical (unpaired) electrons. The molecule has 6 heteroatoms. The lowest BCUT2D eigenvalue weighted by atomic mass is 9.84. The van der Waals surface area contributed by atoms with Crippen molar-refractivity contribution >= 4 is 28.8 Å². The number of hydrogen-bond donors (Lipinski definition) is 1. The van der Waals surface area contributed by atoms with Crippen LogP contribution in [0.1, 0.15) is 75.4 Å². The highest BCUT2D eigenvalue weighted by atomic mass is 32.1. The van der Waals surface area contributed by atoms with Gasteiger partial charge in [-0.15, -0.1) is 11.3 Å². The third kappa shape index (κ3) is 3.96. The Hall–Kier alpha value is -2.60. The lowest BCUT2D eigenvalue weighted by molar-refractivity contribution is -0.141. The van der Waals surface area contributed by atoms with Gasteiger partial charge in [-0.3, -0.25) is 9.59 Å². The zero-order chi connectivity index (χ0) is 23.0. The van der Waals surface area contributed by atoms with Crippen molar-refractivity contribution in [2.75, 3.05) is 6.61 Å². The quantitative estimate of drug-likeness (QED) is 0.352. The molecule has 1 atom stereocenters. The molecule has 1 aromatic heterocycles. The minimum atomic E-state index is -0.598. The number of Topliss-reactive ketones (excluding diaryl/α,β-unsaturated/α-hetero) is 1. The van der Waals surface area contributed by atoms with Crippen molar-refractivity contribution in [3.63, 3.8) is 0 Å². The Kier molecular flexibility index (Phi) is 6.17. The van der Waals surface area contributed by atoms with Crippen LogP contribution >= 0.6 is 11.3 Å². The first kappa shape index (κ1) is 22.6. The summed E-state index contributed by atoms with van der Waals surface area (Å²) in [5, 5.41) is 13.3. The summed E-state index contributed by atoms with van der Waals surface area (Å²) >= 11 is 1.51. The largest absolute Gasteiger partial charge is 0.507 e. The van der Waals surface area contributed by atoms with Crippen LogP contribution in [-0.4, -0.2) is 34.3 Å². The number of aliphatic hydroxyl groups excluding tert-OH is 1. The van der Waals surface area contributed by atoms with Gasteiger partial charge in [-0.1, -0.05) is 39.7 Å². The number of likely N-dealkylation sites (tertiary alicyclic amines) is 1. The summed E-state index contributed by atoms with van der Waals surface area (Å²) in [5.41, 5.74) is 1.45. The maximum Gasteiger partial charge on any atom is 0.295 e. The molecule has 5 nitrogen and oxygen atoms in total. The Morgan fingerprint density at radius 3 is 2.50 bits per heavy atom. The summed E-state index contributed by atoms with van der Waals surface area (Å²) in [7, 11) is 0. The number of carbonyl (C=O) groups is 2. The molecule has 0 spiro atoms. The highest BCUT2D eigenvalue weighted by Gasteiger charge is 2.49. The Bertz CT molecular complexity index is 1040. The first-order valence-corrected chi connectivity index (χ1v) is 12.2. The van der Waals surface area contributed by atoms with Crippen molar-refractivity contribution < 1.29 is 19.4 Å². The average molecular weight is 454 g/mol. The molecule has 4 rings (SSSR count). The SMILES string of the molecule is CCOc1ccc(/C(O)=C2/C(=O)C(=O)N(C3CCCC3)C2c2cccs2)cc1C(C)(C)C. The van der Waals surface area contributed by atoms with E-state index in [2.05, 4.69) is 20.8 Å². The molecule has 2 heterocycles. The van der Waals surface area contributed by atoms with Gasteiger partial charge in [-0.2, -0.15) is 0 Å². The molecule has 1 aromatic carbocycles. The van der Waals surface area contributed by atoms with Crippen molar-refractivity contribution in [3.8, 4) is 5.75 Å². The second kappa shape index (κ2) is 8.74. The summed E-state index contributed by atoms with van der Waals surface area (Å²) < 4.78 is 5.80. The van der Waals surface area contributed by atoms with E-state index in [0.29, 0.717) is 12.2 Å². The Morgan fingerprint density at radius 2 is 1.91 bits per heavy atom. The van der Waals surface area contributed by atoms with Gasteiger partial charge in [0.15, 0.2) is 0 Å². The molecule has 1 amide bonds. The fraction of sp³-hybridized carbons (Fsp3) is 0.462. The van der Waals surface area contributed by atoms with Gasteiger partial charge in [0, 0.05) is 22.0 Å². The number of carbonyl (C=O) groups excluding carboxylic acids is 2. The topological polar surface area (TPSA) is 66.8 Å². The summed E-state index contributed by atoms with van der Waals surface area (Å²) in [6.45, 7) is 8.73. The van der Waals surface area contributed by atoms with Gasteiger partial charge in [0.2, 0.25) is 0 Å². The molecular weight excluding hydrogens is 422 g/mol. The van der Waals surface area contributed by atoms with Gasteiger partial charge in [-0.05, 0) is 54.8 Å². The standard InChI is InChI=1S/C26H31NO4S/c1-5-31-19-13-12-16(15-18(19)26(2,3)4)23(28)21-22(20-11-8-14-32-20)27(25(30)24(21)29)17-9-6-7-10-17/h8,11-15,17,22,28H,5-7,9-10H2,1-4H3/b23-21-. The van der Waals surface area contributed by atoms with E-state index in [4.69, 9.17) is 4.74 Å². The molecule has 170 valence electrons. The smallest absolute Gasteiger partial charge is 0.295 e. The number of amides is 1. The zero-order valence-corrected chi connectivity index (χ0v) is 20.0. The van der Waals surface area contributed by atoms with Gasteiger partial charge in [0.25, 0.3) is 11.7 Å². The number of ketones is 1.